The van der Waals surface area contributed by atoms with Crippen LogP contribution < -0.4 is 16.8 Å². The highest BCUT2D eigenvalue weighted by Crippen LogP contribution is 2.20. The summed E-state index contributed by atoms with van der Waals surface area (Å²) in [4.78, 5) is 11.4. The van der Waals surface area contributed by atoms with Crippen LogP contribution in [-0.4, -0.2) is 18.5 Å². The van der Waals surface area contributed by atoms with E-state index in [9.17, 15) is 4.79 Å². The van der Waals surface area contributed by atoms with E-state index in [4.69, 9.17) is 11.5 Å². The molecule has 0 aromatic heterocycles. The zero-order valence-electron chi connectivity index (χ0n) is 11.1. The summed E-state index contributed by atoms with van der Waals surface area (Å²) in [5.41, 5.74) is 11.7. The summed E-state index contributed by atoms with van der Waals surface area (Å²) in [7, 11) is 0. The van der Waals surface area contributed by atoms with Gasteiger partial charge in [0.05, 0.1) is 6.04 Å². The molecule has 0 radical (unpaired) electrons. The SMILES string of the molecule is CC(C)(N[C@@H](CCCN)C(N)=O)c1ccccc1. The number of benzene rings is 1. The molecule has 100 valence electrons. The van der Waals surface area contributed by atoms with Crippen LogP contribution in [0.3, 0.4) is 0 Å². The Kier molecular flexibility index (Phi) is 5.31. The molecule has 1 rings (SSSR count). The lowest BCUT2D eigenvalue weighted by Gasteiger charge is -2.31. The Labute approximate surface area is 109 Å². The monoisotopic (exact) mass is 249 g/mol. The van der Waals surface area contributed by atoms with E-state index in [1.54, 1.807) is 0 Å². The fourth-order valence-electron chi connectivity index (χ4n) is 1.98. The van der Waals surface area contributed by atoms with Gasteiger partial charge in [0.25, 0.3) is 0 Å². The molecule has 1 amide bonds. The van der Waals surface area contributed by atoms with Gasteiger partial charge < -0.3 is 11.5 Å². The Morgan fingerprint density at radius 1 is 1.33 bits per heavy atom. The molecule has 0 unspecified atom stereocenters. The lowest BCUT2D eigenvalue weighted by molar-refractivity contribution is -0.120. The maximum absolute atomic E-state index is 11.4. The van der Waals surface area contributed by atoms with Crippen molar-refractivity contribution in [1.82, 2.24) is 5.32 Å². The van der Waals surface area contributed by atoms with Gasteiger partial charge in [0.2, 0.25) is 5.91 Å². The smallest absolute Gasteiger partial charge is 0.234 e. The number of nitrogens with one attached hydrogen (secondary N) is 1. The number of hydrogen-bond acceptors (Lipinski definition) is 3. The number of nitrogens with two attached hydrogens (primary N) is 2. The van der Waals surface area contributed by atoms with Crippen LogP contribution in [0.25, 0.3) is 0 Å². The van der Waals surface area contributed by atoms with Gasteiger partial charge in [-0.15, -0.1) is 0 Å². The van der Waals surface area contributed by atoms with E-state index in [-0.39, 0.29) is 17.5 Å². The number of amides is 1. The molecule has 0 aliphatic heterocycles. The number of rotatable bonds is 7. The zero-order chi connectivity index (χ0) is 13.6. The second-order valence-electron chi connectivity index (χ2n) is 5.02. The Morgan fingerprint density at radius 3 is 2.44 bits per heavy atom. The zero-order valence-corrected chi connectivity index (χ0v) is 11.1. The normalized spacial score (nSPS) is 13.3. The van der Waals surface area contributed by atoms with Crippen LogP contribution >= 0.6 is 0 Å². The fourth-order valence-corrected chi connectivity index (χ4v) is 1.98. The van der Waals surface area contributed by atoms with Crippen LogP contribution in [0.5, 0.6) is 0 Å². The average Bonchev–Trinajstić information content (AvgIpc) is 2.35. The Balaban J connectivity index is 2.76. The molecular formula is C14H23N3O. The number of hydrogen-bond donors (Lipinski definition) is 3. The minimum Gasteiger partial charge on any atom is -0.368 e. The van der Waals surface area contributed by atoms with Gasteiger partial charge in [0, 0.05) is 5.54 Å². The third kappa shape index (κ3) is 4.13. The summed E-state index contributed by atoms with van der Waals surface area (Å²) in [5.74, 6) is -0.326. The predicted octanol–water partition coefficient (Wildman–Crippen LogP) is 1.10. The molecule has 1 atom stereocenters. The molecule has 18 heavy (non-hydrogen) atoms. The van der Waals surface area contributed by atoms with Crippen molar-refractivity contribution in [3.63, 3.8) is 0 Å². The Hall–Kier alpha value is -1.39. The van der Waals surface area contributed by atoms with Crippen LogP contribution in [0.4, 0.5) is 0 Å². The van der Waals surface area contributed by atoms with Crippen LogP contribution in [0, 0.1) is 0 Å². The molecule has 0 heterocycles. The first-order chi connectivity index (χ1) is 8.47. The molecule has 0 fully saturated rings. The lowest BCUT2D eigenvalue weighted by atomic mass is 9.92. The van der Waals surface area contributed by atoms with Crippen LogP contribution in [-0.2, 0) is 10.3 Å². The van der Waals surface area contributed by atoms with E-state index >= 15 is 0 Å². The highest BCUT2D eigenvalue weighted by Gasteiger charge is 2.26. The van der Waals surface area contributed by atoms with Crippen molar-refractivity contribution in [2.45, 2.75) is 38.3 Å². The van der Waals surface area contributed by atoms with Crippen molar-refractivity contribution in [2.24, 2.45) is 11.5 Å². The molecule has 1 aromatic carbocycles. The van der Waals surface area contributed by atoms with E-state index in [1.165, 1.54) is 0 Å². The van der Waals surface area contributed by atoms with Gasteiger partial charge in [-0.25, -0.2) is 0 Å². The minimum atomic E-state index is -0.344. The topological polar surface area (TPSA) is 81.1 Å². The van der Waals surface area contributed by atoms with E-state index in [0.717, 1.165) is 12.0 Å². The quantitative estimate of drug-likeness (QED) is 0.677. The average molecular weight is 249 g/mol. The summed E-state index contributed by atoms with van der Waals surface area (Å²) in [6.07, 6.45) is 1.45. The Bertz CT molecular complexity index is 376. The van der Waals surface area contributed by atoms with Gasteiger partial charge >= 0.3 is 0 Å². The van der Waals surface area contributed by atoms with Crippen LogP contribution in [0.2, 0.25) is 0 Å². The highest BCUT2D eigenvalue weighted by molar-refractivity contribution is 5.79. The highest BCUT2D eigenvalue weighted by atomic mass is 16.1. The van der Waals surface area contributed by atoms with Crippen molar-refractivity contribution in [2.75, 3.05) is 6.54 Å². The molecule has 0 saturated carbocycles. The maximum atomic E-state index is 11.4. The summed E-state index contributed by atoms with van der Waals surface area (Å²) < 4.78 is 0. The van der Waals surface area contributed by atoms with E-state index in [0.29, 0.717) is 13.0 Å². The molecule has 5 N–H and O–H groups in total. The third-order valence-electron chi connectivity index (χ3n) is 3.07. The van der Waals surface area contributed by atoms with Crippen molar-refractivity contribution in [3.8, 4) is 0 Å². The molecule has 0 bridgehead atoms. The van der Waals surface area contributed by atoms with Gasteiger partial charge in [0.15, 0.2) is 0 Å². The molecule has 0 saturated heterocycles. The largest absolute Gasteiger partial charge is 0.368 e. The molecule has 0 aliphatic carbocycles. The predicted molar refractivity (Wildman–Crippen MR) is 73.9 cm³/mol. The van der Waals surface area contributed by atoms with Gasteiger partial charge in [0.1, 0.15) is 0 Å². The molecule has 0 spiro atoms. The van der Waals surface area contributed by atoms with Crippen LogP contribution in [0.15, 0.2) is 30.3 Å². The molecule has 1 aromatic rings. The number of primary amides is 1. The maximum Gasteiger partial charge on any atom is 0.234 e. The van der Waals surface area contributed by atoms with E-state index in [1.807, 2.05) is 44.2 Å². The number of carbonyl (C=O) groups excluding carboxylic acids is 1. The lowest BCUT2D eigenvalue weighted by Crippen LogP contribution is -2.50. The first-order valence-corrected chi connectivity index (χ1v) is 6.30. The summed E-state index contributed by atoms with van der Waals surface area (Å²) >= 11 is 0. The molecule has 4 heteroatoms. The van der Waals surface area contributed by atoms with Gasteiger partial charge in [-0.2, -0.15) is 0 Å². The first-order valence-electron chi connectivity index (χ1n) is 6.30. The molecule has 0 aliphatic rings. The number of carbonyl (C=O) groups is 1. The standard InChI is InChI=1S/C14H23N3O/c1-14(2,11-7-4-3-5-8-11)17-12(13(16)18)9-6-10-15/h3-5,7-8,12,17H,6,9-10,15H2,1-2H3,(H2,16,18)/t12-/m0/s1. The van der Waals surface area contributed by atoms with E-state index in [2.05, 4.69) is 5.32 Å². The third-order valence-corrected chi connectivity index (χ3v) is 3.07. The van der Waals surface area contributed by atoms with Crippen molar-refractivity contribution < 1.29 is 4.79 Å². The van der Waals surface area contributed by atoms with Gasteiger partial charge in [-0.1, -0.05) is 30.3 Å². The van der Waals surface area contributed by atoms with Crippen molar-refractivity contribution in [1.29, 1.82) is 0 Å². The minimum absolute atomic E-state index is 0.296. The van der Waals surface area contributed by atoms with Crippen molar-refractivity contribution >= 4 is 5.91 Å². The summed E-state index contributed by atoms with van der Waals surface area (Å²) in [6.45, 7) is 4.65. The van der Waals surface area contributed by atoms with Gasteiger partial charge in [-0.05, 0) is 38.8 Å². The molecular weight excluding hydrogens is 226 g/mol. The van der Waals surface area contributed by atoms with Crippen molar-refractivity contribution in [3.05, 3.63) is 35.9 Å². The summed E-state index contributed by atoms with van der Waals surface area (Å²) in [5, 5.41) is 3.31. The second kappa shape index (κ2) is 6.52. The Morgan fingerprint density at radius 2 is 1.94 bits per heavy atom. The first kappa shape index (κ1) is 14.7. The van der Waals surface area contributed by atoms with Crippen LogP contribution in [0.1, 0.15) is 32.3 Å². The second-order valence-corrected chi connectivity index (χ2v) is 5.02. The molecule has 4 nitrogen and oxygen atoms in total. The van der Waals surface area contributed by atoms with Gasteiger partial charge in [-0.3, -0.25) is 10.1 Å². The van der Waals surface area contributed by atoms with E-state index < -0.39 is 0 Å². The summed E-state index contributed by atoms with van der Waals surface area (Å²) in [6, 6.07) is 9.67. The fraction of sp³-hybridized carbons (Fsp3) is 0.500.